The van der Waals surface area contributed by atoms with E-state index in [0.29, 0.717) is 26.0 Å². The smallest absolute Gasteiger partial charge is 0.325 e. The van der Waals surface area contributed by atoms with Crippen LogP contribution in [0.2, 0.25) is 0 Å². The van der Waals surface area contributed by atoms with E-state index in [-0.39, 0.29) is 24.0 Å². The first-order valence-electron chi connectivity index (χ1n) is 6.71. The van der Waals surface area contributed by atoms with E-state index in [1.165, 1.54) is 4.90 Å². The van der Waals surface area contributed by atoms with E-state index < -0.39 is 11.4 Å². The molecule has 0 aromatic carbocycles. The van der Waals surface area contributed by atoms with E-state index in [1.807, 2.05) is 0 Å². The van der Waals surface area contributed by atoms with Gasteiger partial charge in [-0.2, -0.15) is 0 Å². The molecule has 6 nitrogen and oxygen atoms in total. The largest absolute Gasteiger partial charge is 0.465 e. The number of hydrogen-bond donors (Lipinski definition) is 1. The van der Waals surface area contributed by atoms with Crippen LogP contribution in [-0.2, 0) is 19.1 Å². The fourth-order valence-corrected chi connectivity index (χ4v) is 2.51. The highest BCUT2D eigenvalue weighted by atomic mass is 32.1. The molecule has 1 aliphatic rings. The van der Waals surface area contributed by atoms with E-state index >= 15 is 0 Å². The third kappa shape index (κ3) is 3.67. The third-order valence-electron chi connectivity index (χ3n) is 3.57. The molecule has 0 radical (unpaired) electrons. The lowest BCUT2D eigenvalue weighted by atomic mass is 9.67. The fourth-order valence-electron chi connectivity index (χ4n) is 2.22. The van der Waals surface area contributed by atoms with Crippen LogP contribution >= 0.6 is 12.2 Å². The number of ether oxygens (including phenoxy) is 2. The minimum Gasteiger partial charge on any atom is -0.465 e. The molecule has 1 saturated carbocycles. The normalized spacial score (nSPS) is 16.1. The number of rotatable bonds is 8. The van der Waals surface area contributed by atoms with Crippen LogP contribution in [0.3, 0.4) is 0 Å². The second-order valence-electron chi connectivity index (χ2n) is 4.82. The molecule has 7 heteroatoms. The molecule has 0 spiro atoms. The summed E-state index contributed by atoms with van der Waals surface area (Å²) < 4.78 is 9.87. The molecule has 0 heterocycles. The Balaban J connectivity index is 2.78. The van der Waals surface area contributed by atoms with Crippen LogP contribution in [0.5, 0.6) is 0 Å². The topological polar surface area (TPSA) is 81.9 Å². The molecule has 0 bridgehead atoms. The van der Waals surface area contributed by atoms with Crippen molar-refractivity contribution in [3.8, 4) is 0 Å². The summed E-state index contributed by atoms with van der Waals surface area (Å²) in [7, 11) is 1.54. The average molecular weight is 302 g/mol. The Morgan fingerprint density at radius 1 is 1.40 bits per heavy atom. The number of carbonyl (C=O) groups is 2. The Morgan fingerprint density at radius 3 is 2.45 bits per heavy atom. The van der Waals surface area contributed by atoms with Gasteiger partial charge in [-0.05, 0) is 19.8 Å². The van der Waals surface area contributed by atoms with Gasteiger partial charge >= 0.3 is 5.97 Å². The predicted octanol–water partition coefficient (Wildman–Crippen LogP) is 0.481. The maximum atomic E-state index is 12.6. The summed E-state index contributed by atoms with van der Waals surface area (Å²) >= 11 is 5.04. The summed E-state index contributed by atoms with van der Waals surface area (Å²) in [5, 5.41) is 0. The van der Waals surface area contributed by atoms with E-state index in [1.54, 1.807) is 14.0 Å². The molecule has 2 N–H and O–H groups in total. The number of esters is 1. The number of carbonyl (C=O) groups excluding carboxylic acids is 2. The minimum atomic E-state index is -0.782. The van der Waals surface area contributed by atoms with E-state index in [4.69, 9.17) is 27.4 Å². The standard InChI is InChI=1S/C13H22N2O4S/c1-3-19-10(16)9-15(7-8-18-2)12(17)13(11(14)20)5-4-6-13/h3-9H2,1-2H3,(H2,14,20). The molecule has 20 heavy (non-hydrogen) atoms. The Morgan fingerprint density at radius 2 is 2.05 bits per heavy atom. The summed E-state index contributed by atoms with van der Waals surface area (Å²) in [5.74, 6) is -0.629. The Hall–Kier alpha value is -1.21. The number of hydrogen-bond acceptors (Lipinski definition) is 5. The Bertz CT molecular complexity index is 383. The van der Waals surface area contributed by atoms with Crippen LogP contribution in [0.4, 0.5) is 0 Å². The molecule has 1 aliphatic carbocycles. The van der Waals surface area contributed by atoms with Crippen molar-refractivity contribution in [1.29, 1.82) is 0 Å². The van der Waals surface area contributed by atoms with Gasteiger partial charge in [-0.3, -0.25) is 9.59 Å². The highest BCUT2D eigenvalue weighted by molar-refractivity contribution is 7.80. The summed E-state index contributed by atoms with van der Waals surface area (Å²) in [4.78, 5) is 25.9. The van der Waals surface area contributed by atoms with Crippen molar-refractivity contribution in [2.45, 2.75) is 26.2 Å². The van der Waals surface area contributed by atoms with Gasteiger partial charge in [0.05, 0.1) is 23.6 Å². The Labute approximate surface area is 124 Å². The van der Waals surface area contributed by atoms with Crippen molar-refractivity contribution in [3.05, 3.63) is 0 Å². The molecule has 0 aromatic rings. The monoisotopic (exact) mass is 302 g/mol. The highest BCUT2D eigenvalue weighted by Crippen LogP contribution is 2.42. The van der Waals surface area contributed by atoms with E-state index in [0.717, 1.165) is 6.42 Å². The summed E-state index contributed by atoms with van der Waals surface area (Å²) in [5.41, 5.74) is 4.94. The fraction of sp³-hybridized carbons (Fsp3) is 0.769. The number of amides is 1. The van der Waals surface area contributed by atoms with Gasteiger partial charge in [-0.1, -0.05) is 18.6 Å². The van der Waals surface area contributed by atoms with Crippen molar-refractivity contribution in [3.63, 3.8) is 0 Å². The van der Waals surface area contributed by atoms with Crippen molar-refractivity contribution in [1.82, 2.24) is 4.90 Å². The summed E-state index contributed by atoms with van der Waals surface area (Å²) in [6.07, 6.45) is 2.21. The van der Waals surface area contributed by atoms with Crippen molar-refractivity contribution in [2.24, 2.45) is 11.1 Å². The zero-order valence-corrected chi connectivity index (χ0v) is 12.8. The van der Waals surface area contributed by atoms with Crippen LogP contribution < -0.4 is 5.73 Å². The van der Waals surface area contributed by atoms with Crippen LogP contribution in [0.25, 0.3) is 0 Å². The summed E-state index contributed by atoms with van der Waals surface area (Å²) in [6.45, 7) is 2.57. The third-order valence-corrected chi connectivity index (χ3v) is 3.96. The molecule has 0 saturated heterocycles. The number of thiocarbonyl (C=S) groups is 1. The molecular formula is C13H22N2O4S. The molecule has 0 aromatic heterocycles. The number of methoxy groups -OCH3 is 1. The molecular weight excluding hydrogens is 280 g/mol. The van der Waals surface area contributed by atoms with Gasteiger partial charge in [0, 0.05) is 13.7 Å². The van der Waals surface area contributed by atoms with Crippen LogP contribution in [0.1, 0.15) is 26.2 Å². The zero-order chi connectivity index (χ0) is 15.2. The first kappa shape index (κ1) is 16.8. The first-order chi connectivity index (χ1) is 9.47. The first-order valence-corrected chi connectivity index (χ1v) is 7.12. The van der Waals surface area contributed by atoms with Gasteiger partial charge in [0.2, 0.25) is 5.91 Å². The van der Waals surface area contributed by atoms with Gasteiger partial charge in [0.25, 0.3) is 0 Å². The van der Waals surface area contributed by atoms with Crippen molar-refractivity contribution in [2.75, 3.05) is 33.4 Å². The molecule has 0 unspecified atom stereocenters. The molecule has 0 atom stereocenters. The van der Waals surface area contributed by atoms with Crippen LogP contribution in [0, 0.1) is 5.41 Å². The van der Waals surface area contributed by atoms with Crippen LogP contribution in [0.15, 0.2) is 0 Å². The SMILES string of the molecule is CCOC(=O)CN(CCOC)C(=O)C1(C(N)=S)CCC1. The molecule has 114 valence electrons. The van der Waals surface area contributed by atoms with Gasteiger partial charge in [0.15, 0.2) is 0 Å². The molecule has 1 fully saturated rings. The highest BCUT2D eigenvalue weighted by Gasteiger charge is 2.49. The Kier molecular flexibility index (Phi) is 6.35. The molecule has 1 rings (SSSR count). The quantitative estimate of drug-likeness (QED) is 0.519. The second kappa shape index (κ2) is 7.54. The van der Waals surface area contributed by atoms with E-state index in [2.05, 4.69) is 0 Å². The predicted molar refractivity (Wildman–Crippen MR) is 78.2 cm³/mol. The van der Waals surface area contributed by atoms with Crippen molar-refractivity contribution >= 4 is 29.1 Å². The van der Waals surface area contributed by atoms with Crippen LogP contribution in [-0.4, -0.2) is 55.2 Å². The summed E-state index contributed by atoms with van der Waals surface area (Å²) in [6, 6.07) is 0. The van der Waals surface area contributed by atoms with Crippen molar-refractivity contribution < 1.29 is 19.1 Å². The minimum absolute atomic E-state index is 0.0968. The molecule has 1 amide bonds. The maximum Gasteiger partial charge on any atom is 0.325 e. The second-order valence-corrected chi connectivity index (χ2v) is 5.26. The van der Waals surface area contributed by atoms with E-state index in [9.17, 15) is 9.59 Å². The van der Waals surface area contributed by atoms with Gasteiger partial charge in [-0.25, -0.2) is 0 Å². The lowest BCUT2D eigenvalue weighted by molar-refractivity contribution is -0.153. The number of nitrogens with two attached hydrogens (primary N) is 1. The van der Waals surface area contributed by atoms with Gasteiger partial charge in [-0.15, -0.1) is 0 Å². The van der Waals surface area contributed by atoms with Gasteiger partial charge < -0.3 is 20.1 Å². The lowest BCUT2D eigenvalue weighted by Crippen LogP contribution is -2.56. The average Bonchev–Trinajstić information content (AvgIpc) is 2.32. The maximum absolute atomic E-state index is 12.6. The zero-order valence-electron chi connectivity index (χ0n) is 12.0. The lowest BCUT2D eigenvalue weighted by Gasteiger charge is -2.42. The number of nitrogens with zero attached hydrogens (tertiary/aromatic N) is 1. The molecule has 0 aliphatic heterocycles. The van der Waals surface area contributed by atoms with Gasteiger partial charge in [0.1, 0.15) is 6.54 Å².